The van der Waals surface area contributed by atoms with Gasteiger partial charge in [-0.15, -0.1) is 0 Å². The Hall–Kier alpha value is -1.69. The first-order valence-corrected chi connectivity index (χ1v) is 4.01. The van der Waals surface area contributed by atoms with Crippen LogP contribution in [0, 0.1) is 10.1 Å². The van der Waals surface area contributed by atoms with Crippen LogP contribution in [0.1, 0.15) is 5.56 Å². The molecule has 76 valence electrons. The zero-order valence-electron chi connectivity index (χ0n) is 7.98. The van der Waals surface area contributed by atoms with Gasteiger partial charge in [0.15, 0.2) is 0 Å². The molecule has 1 aromatic rings. The highest BCUT2D eigenvalue weighted by Crippen LogP contribution is 2.03. The summed E-state index contributed by atoms with van der Waals surface area (Å²) in [5.74, 6) is 0. The maximum atomic E-state index is 11.5. The summed E-state index contributed by atoms with van der Waals surface area (Å²) in [4.78, 5) is 25.6. The number of hydrogen-bond donors (Lipinski definition) is 1. The van der Waals surface area contributed by atoms with Crippen LogP contribution in [-0.2, 0) is 6.54 Å². The lowest BCUT2D eigenvalue weighted by atomic mass is 10.2. The molecule has 0 aliphatic carbocycles. The zero-order chi connectivity index (χ0) is 10.7. The minimum atomic E-state index is -0.683. The third-order valence-electron chi connectivity index (χ3n) is 1.69. The van der Waals surface area contributed by atoms with Crippen molar-refractivity contribution in [1.29, 1.82) is 0 Å². The van der Waals surface area contributed by atoms with E-state index >= 15 is 0 Å². The zero-order valence-corrected chi connectivity index (χ0v) is 7.98. The molecule has 1 aromatic heterocycles. The molecule has 0 spiro atoms. The molecule has 0 saturated carbocycles. The minimum Gasteiger partial charge on any atom is -0.361 e. The third-order valence-corrected chi connectivity index (χ3v) is 1.69. The summed E-state index contributed by atoms with van der Waals surface area (Å²) in [7, 11) is 3.58. The van der Waals surface area contributed by atoms with E-state index in [4.69, 9.17) is 0 Å². The van der Waals surface area contributed by atoms with Crippen molar-refractivity contribution >= 4 is 5.69 Å². The summed E-state index contributed by atoms with van der Waals surface area (Å²) >= 11 is 0. The van der Waals surface area contributed by atoms with E-state index in [-0.39, 0.29) is 0 Å². The monoisotopic (exact) mass is 197 g/mol. The summed E-state index contributed by atoms with van der Waals surface area (Å²) in [6.45, 7) is 0.386. The lowest BCUT2D eigenvalue weighted by Gasteiger charge is -2.07. The van der Waals surface area contributed by atoms with Gasteiger partial charge >= 0.3 is 5.69 Å². The summed E-state index contributed by atoms with van der Waals surface area (Å²) in [5.41, 5.74) is -0.545. The van der Waals surface area contributed by atoms with E-state index in [1.54, 1.807) is 19.0 Å². The Labute approximate surface area is 80.3 Å². The first-order valence-electron chi connectivity index (χ1n) is 4.01. The maximum absolute atomic E-state index is 11.5. The number of nitrogens with one attached hydrogen (secondary N) is 1. The SMILES string of the molecule is CN(C)Cc1c[nH]cc([N+](=O)[O-])c1=O. The Kier molecular flexibility index (Phi) is 2.98. The molecule has 6 heteroatoms. The topological polar surface area (TPSA) is 79.2 Å². The standard InChI is InChI=1S/C8H11N3O3/c1-10(2)5-6-3-9-4-7(8(6)12)11(13)14/h3-4H,5H2,1-2H3,(H,9,12). The number of H-pyrrole nitrogens is 1. The van der Waals surface area contributed by atoms with E-state index in [1.165, 1.54) is 6.20 Å². The molecule has 0 amide bonds. The molecule has 1 rings (SSSR count). The van der Waals surface area contributed by atoms with E-state index in [9.17, 15) is 14.9 Å². The minimum absolute atomic E-state index is 0.386. The van der Waals surface area contributed by atoms with Crippen LogP contribution < -0.4 is 5.43 Å². The third kappa shape index (κ3) is 2.17. The van der Waals surface area contributed by atoms with Crippen LogP contribution in [0.3, 0.4) is 0 Å². The first kappa shape index (κ1) is 10.4. The quantitative estimate of drug-likeness (QED) is 0.560. The second-order valence-corrected chi connectivity index (χ2v) is 3.19. The molecule has 0 radical (unpaired) electrons. The van der Waals surface area contributed by atoms with Crippen LogP contribution >= 0.6 is 0 Å². The summed E-state index contributed by atoms with van der Waals surface area (Å²) in [6, 6.07) is 0. The average Bonchev–Trinajstić information content (AvgIpc) is 2.07. The van der Waals surface area contributed by atoms with Crippen molar-refractivity contribution in [3.05, 3.63) is 38.3 Å². The summed E-state index contributed by atoms with van der Waals surface area (Å²) in [5, 5.41) is 10.4. The van der Waals surface area contributed by atoms with Crippen molar-refractivity contribution in [1.82, 2.24) is 9.88 Å². The molecule has 0 bridgehead atoms. The lowest BCUT2D eigenvalue weighted by molar-refractivity contribution is -0.386. The number of aromatic nitrogens is 1. The van der Waals surface area contributed by atoms with E-state index in [2.05, 4.69) is 4.98 Å². The summed E-state index contributed by atoms with van der Waals surface area (Å²) < 4.78 is 0. The molecule has 14 heavy (non-hydrogen) atoms. The smallest absolute Gasteiger partial charge is 0.332 e. The average molecular weight is 197 g/mol. The highest BCUT2D eigenvalue weighted by molar-refractivity contribution is 5.30. The Morgan fingerprint density at radius 1 is 1.50 bits per heavy atom. The molecular weight excluding hydrogens is 186 g/mol. The molecule has 6 nitrogen and oxygen atoms in total. The number of rotatable bonds is 3. The highest BCUT2D eigenvalue weighted by Gasteiger charge is 2.14. The molecule has 0 atom stereocenters. The van der Waals surface area contributed by atoms with E-state index in [0.29, 0.717) is 12.1 Å². The van der Waals surface area contributed by atoms with Crippen molar-refractivity contribution in [2.75, 3.05) is 14.1 Å². The van der Waals surface area contributed by atoms with Gasteiger partial charge in [-0.25, -0.2) is 0 Å². The second-order valence-electron chi connectivity index (χ2n) is 3.19. The van der Waals surface area contributed by atoms with Crippen LogP contribution in [0.25, 0.3) is 0 Å². The largest absolute Gasteiger partial charge is 0.361 e. The van der Waals surface area contributed by atoms with Crippen LogP contribution in [0.15, 0.2) is 17.2 Å². The summed E-state index contributed by atoms with van der Waals surface area (Å²) in [6.07, 6.45) is 2.58. The fourth-order valence-electron chi connectivity index (χ4n) is 1.11. The van der Waals surface area contributed by atoms with Crippen LogP contribution in [0.4, 0.5) is 5.69 Å². The molecule has 1 heterocycles. The van der Waals surface area contributed by atoms with Crippen molar-refractivity contribution in [3.63, 3.8) is 0 Å². The Morgan fingerprint density at radius 2 is 2.14 bits per heavy atom. The normalized spacial score (nSPS) is 10.5. The van der Waals surface area contributed by atoms with Gasteiger partial charge in [-0.2, -0.15) is 0 Å². The van der Waals surface area contributed by atoms with Crippen molar-refractivity contribution in [2.24, 2.45) is 0 Å². The number of pyridine rings is 1. The van der Waals surface area contributed by atoms with Gasteiger partial charge in [0.2, 0.25) is 0 Å². The van der Waals surface area contributed by atoms with Gasteiger partial charge in [0.1, 0.15) is 0 Å². The lowest BCUT2D eigenvalue weighted by Crippen LogP contribution is -2.20. The Morgan fingerprint density at radius 3 is 2.64 bits per heavy atom. The van der Waals surface area contributed by atoms with Gasteiger partial charge in [-0.3, -0.25) is 14.9 Å². The fourth-order valence-corrected chi connectivity index (χ4v) is 1.11. The van der Waals surface area contributed by atoms with E-state index in [0.717, 1.165) is 6.20 Å². The van der Waals surface area contributed by atoms with Crippen LogP contribution in [-0.4, -0.2) is 28.9 Å². The van der Waals surface area contributed by atoms with Gasteiger partial charge in [0.05, 0.1) is 11.1 Å². The molecule has 0 unspecified atom stereocenters. The van der Waals surface area contributed by atoms with Crippen LogP contribution in [0.5, 0.6) is 0 Å². The molecule has 0 fully saturated rings. The predicted octanol–water partition coefficient (Wildman–Crippen LogP) is 0.345. The molecule has 0 aliphatic heterocycles. The van der Waals surface area contributed by atoms with Crippen LogP contribution in [0.2, 0.25) is 0 Å². The first-order chi connectivity index (χ1) is 6.52. The Bertz CT molecular complexity index is 397. The molecule has 0 saturated heterocycles. The molecule has 0 aromatic carbocycles. The number of nitrogens with zero attached hydrogens (tertiary/aromatic N) is 2. The fraction of sp³-hybridized carbons (Fsp3) is 0.375. The van der Waals surface area contributed by atoms with E-state index < -0.39 is 16.0 Å². The maximum Gasteiger partial charge on any atom is 0.332 e. The van der Waals surface area contributed by atoms with Gasteiger partial charge in [0.25, 0.3) is 5.43 Å². The molecule has 1 N–H and O–H groups in total. The number of nitro groups is 1. The second kappa shape index (κ2) is 4.01. The van der Waals surface area contributed by atoms with Crippen molar-refractivity contribution in [3.8, 4) is 0 Å². The van der Waals surface area contributed by atoms with Crippen molar-refractivity contribution < 1.29 is 4.92 Å². The number of aromatic amines is 1. The van der Waals surface area contributed by atoms with Crippen molar-refractivity contribution in [2.45, 2.75) is 6.54 Å². The molecular formula is C8H11N3O3. The van der Waals surface area contributed by atoms with Gasteiger partial charge in [-0.1, -0.05) is 0 Å². The Balaban J connectivity index is 3.15. The predicted molar refractivity (Wildman–Crippen MR) is 51.1 cm³/mol. The number of hydrogen-bond acceptors (Lipinski definition) is 4. The highest BCUT2D eigenvalue weighted by atomic mass is 16.6. The van der Waals surface area contributed by atoms with E-state index in [1.807, 2.05) is 0 Å². The van der Waals surface area contributed by atoms with Gasteiger partial charge in [0, 0.05) is 18.3 Å². The van der Waals surface area contributed by atoms with Gasteiger partial charge in [-0.05, 0) is 14.1 Å². The molecule has 0 aliphatic rings. The van der Waals surface area contributed by atoms with Gasteiger partial charge < -0.3 is 9.88 Å².